The van der Waals surface area contributed by atoms with E-state index in [-0.39, 0.29) is 6.10 Å². The number of aliphatic hydroxyl groups is 1. The summed E-state index contributed by atoms with van der Waals surface area (Å²) in [5.74, 6) is 3.53. The molecule has 1 heterocycles. The Morgan fingerprint density at radius 3 is 3.00 bits per heavy atom. The van der Waals surface area contributed by atoms with Crippen LogP contribution in [0.3, 0.4) is 0 Å². The van der Waals surface area contributed by atoms with Gasteiger partial charge in [-0.2, -0.15) is 11.8 Å². The molecular weight excluding hydrogens is 220 g/mol. The second kappa shape index (κ2) is 5.60. The summed E-state index contributed by atoms with van der Waals surface area (Å²) in [4.78, 5) is 0. The molecule has 0 spiro atoms. The van der Waals surface area contributed by atoms with Gasteiger partial charge in [-0.25, -0.2) is 0 Å². The van der Waals surface area contributed by atoms with Gasteiger partial charge in [0.05, 0.1) is 6.10 Å². The van der Waals surface area contributed by atoms with Crippen molar-refractivity contribution < 1.29 is 9.84 Å². The van der Waals surface area contributed by atoms with Crippen molar-refractivity contribution in [1.29, 1.82) is 0 Å². The highest BCUT2D eigenvalue weighted by molar-refractivity contribution is 7.99. The Bertz CT molecular complexity index is 334. The molecule has 1 N–H and O–H groups in total. The van der Waals surface area contributed by atoms with Gasteiger partial charge in [-0.05, 0) is 42.4 Å². The average molecular weight is 238 g/mol. The fourth-order valence-electron chi connectivity index (χ4n) is 1.89. The van der Waals surface area contributed by atoms with E-state index in [9.17, 15) is 5.11 Å². The highest BCUT2D eigenvalue weighted by atomic mass is 32.2. The van der Waals surface area contributed by atoms with E-state index in [4.69, 9.17) is 4.74 Å². The van der Waals surface area contributed by atoms with Crippen LogP contribution in [0.4, 0.5) is 0 Å². The van der Waals surface area contributed by atoms with Crippen LogP contribution in [0, 0.1) is 12.8 Å². The van der Waals surface area contributed by atoms with Gasteiger partial charge in [0.25, 0.3) is 0 Å². The van der Waals surface area contributed by atoms with Crippen molar-refractivity contribution in [2.45, 2.75) is 19.4 Å². The van der Waals surface area contributed by atoms with E-state index in [0.29, 0.717) is 12.5 Å². The lowest BCUT2D eigenvalue weighted by Gasteiger charge is -2.18. The third kappa shape index (κ3) is 2.92. The molecule has 2 nitrogen and oxygen atoms in total. The third-order valence-electron chi connectivity index (χ3n) is 3.01. The SMILES string of the molecule is Cc1ccccc1OCC(O)C1CCSC1. The number of benzene rings is 1. The molecule has 0 amide bonds. The van der Waals surface area contributed by atoms with E-state index >= 15 is 0 Å². The van der Waals surface area contributed by atoms with E-state index < -0.39 is 0 Å². The van der Waals surface area contributed by atoms with E-state index in [1.54, 1.807) is 0 Å². The van der Waals surface area contributed by atoms with E-state index in [1.807, 2.05) is 43.0 Å². The zero-order chi connectivity index (χ0) is 11.4. The quantitative estimate of drug-likeness (QED) is 0.874. The number of hydrogen-bond donors (Lipinski definition) is 1. The fourth-order valence-corrected chi connectivity index (χ4v) is 3.21. The van der Waals surface area contributed by atoms with Gasteiger partial charge in [-0.3, -0.25) is 0 Å². The van der Waals surface area contributed by atoms with Gasteiger partial charge in [0, 0.05) is 0 Å². The molecule has 2 atom stereocenters. The summed E-state index contributed by atoms with van der Waals surface area (Å²) < 4.78 is 5.65. The topological polar surface area (TPSA) is 29.5 Å². The van der Waals surface area contributed by atoms with E-state index in [1.165, 1.54) is 5.75 Å². The normalized spacial score (nSPS) is 22.0. The molecule has 0 saturated carbocycles. The van der Waals surface area contributed by atoms with Crippen molar-refractivity contribution in [2.24, 2.45) is 5.92 Å². The number of rotatable bonds is 4. The van der Waals surface area contributed by atoms with Crippen molar-refractivity contribution in [3.63, 3.8) is 0 Å². The van der Waals surface area contributed by atoms with Gasteiger partial charge < -0.3 is 9.84 Å². The second-order valence-corrected chi connectivity index (χ2v) is 5.42. The lowest BCUT2D eigenvalue weighted by atomic mass is 10.0. The first-order valence-electron chi connectivity index (χ1n) is 5.71. The van der Waals surface area contributed by atoms with Crippen molar-refractivity contribution >= 4 is 11.8 Å². The Morgan fingerprint density at radius 2 is 2.31 bits per heavy atom. The predicted molar refractivity (Wildman–Crippen MR) is 68.1 cm³/mol. The lowest BCUT2D eigenvalue weighted by Crippen LogP contribution is -2.27. The number of hydrogen-bond acceptors (Lipinski definition) is 3. The Kier molecular flexibility index (Phi) is 4.13. The molecule has 0 bridgehead atoms. The van der Waals surface area contributed by atoms with Gasteiger partial charge >= 0.3 is 0 Å². The molecule has 16 heavy (non-hydrogen) atoms. The Hall–Kier alpha value is -0.670. The number of aliphatic hydroxyl groups excluding tert-OH is 1. The van der Waals surface area contributed by atoms with Crippen molar-refractivity contribution in [1.82, 2.24) is 0 Å². The van der Waals surface area contributed by atoms with Crippen molar-refractivity contribution in [3.05, 3.63) is 29.8 Å². The Morgan fingerprint density at radius 1 is 1.50 bits per heavy atom. The van der Waals surface area contributed by atoms with Gasteiger partial charge in [-0.15, -0.1) is 0 Å². The Labute approximate surface area is 101 Å². The first-order valence-corrected chi connectivity index (χ1v) is 6.87. The van der Waals surface area contributed by atoms with Crippen LogP contribution in [0.5, 0.6) is 5.75 Å². The third-order valence-corrected chi connectivity index (χ3v) is 4.20. The van der Waals surface area contributed by atoms with E-state index in [0.717, 1.165) is 23.5 Å². The zero-order valence-corrected chi connectivity index (χ0v) is 10.4. The molecule has 1 aliphatic heterocycles. The van der Waals surface area contributed by atoms with Crippen LogP contribution >= 0.6 is 11.8 Å². The first kappa shape index (κ1) is 11.8. The molecule has 2 unspecified atom stereocenters. The summed E-state index contributed by atoms with van der Waals surface area (Å²) >= 11 is 1.92. The maximum absolute atomic E-state index is 9.96. The van der Waals surface area contributed by atoms with Crippen LogP contribution in [0.2, 0.25) is 0 Å². The van der Waals surface area contributed by atoms with Crippen LogP contribution in [-0.4, -0.2) is 29.3 Å². The molecule has 1 saturated heterocycles. The minimum Gasteiger partial charge on any atom is -0.491 e. The number of aryl methyl sites for hydroxylation is 1. The molecule has 88 valence electrons. The fraction of sp³-hybridized carbons (Fsp3) is 0.538. The van der Waals surface area contributed by atoms with Gasteiger partial charge in [-0.1, -0.05) is 18.2 Å². The van der Waals surface area contributed by atoms with Crippen LogP contribution in [0.25, 0.3) is 0 Å². The van der Waals surface area contributed by atoms with Crippen LogP contribution in [0.1, 0.15) is 12.0 Å². The lowest BCUT2D eigenvalue weighted by molar-refractivity contribution is 0.0660. The van der Waals surface area contributed by atoms with Gasteiger partial charge in [0.15, 0.2) is 0 Å². The van der Waals surface area contributed by atoms with Crippen LogP contribution < -0.4 is 4.74 Å². The summed E-state index contributed by atoms with van der Waals surface area (Å²) in [5.41, 5.74) is 1.12. The molecule has 1 aliphatic rings. The Balaban J connectivity index is 1.84. The highest BCUT2D eigenvalue weighted by Gasteiger charge is 2.24. The molecule has 1 aromatic carbocycles. The maximum atomic E-state index is 9.96. The van der Waals surface area contributed by atoms with Crippen LogP contribution in [-0.2, 0) is 0 Å². The van der Waals surface area contributed by atoms with Crippen molar-refractivity contribution in [2.75, 3.05) is 18.1 Å². The molecule has 3 heteroatoms. The standard InChI is InChI=1S/C13H18O2S/c1-10-4-2-3-5-13(10)15-8-12(14)11-6-7-16-9-11/h2-5,11-12,14H,6-9H2,1H3. The predicted octanol–water partition coefficient (Wildman–Crippen LogP) is 2.49. The number of para-hydroxylation sites is 1. The van der Waals surface area contributed by atoms with E-state index in [2.05, 4.69) is 0 Å². The molecule has 0 radical (unpaired) electrons. The van der Waals surface area contributed by atoms with Crippen LogP contribution in [0.15, 0.2) is 24.3 Å². The monoisotopic (exact) mass is 238 g/mol. The summed E-state index contributed by atoms with van der Waals surface area (Å²) in [7, 11) is 0. The highest BCUT2D eigenvalue weighted by Crippen LogP contribution is 2.27. The summed E-state index contributed by atoms with van der Waals surface area (Å²) in [6.07, 6.45) is 0.790. The first-order chi connectivity index (χ1) is 7.77. The number of thioether (sulfide) groups is 1. The molecule has 1 fully saturated rings. The summed E-state index contributed by atoms with van der Waals surface area (Å²) in [6, 6.07) is 7.92. The molecular formula is C13H18O2S. The molecule has 0 aromatic heterocycles. The zero-order valence-electron chi connectivity index (χ0n) is 9.56. The minimum atomic E-state index is -0.324. The molecule has 1 aromatic rings. The van der Waals surface area contributed by atoms with Gasteiger partial charge in [0.1, 0.15) is 12.4 Å². The maximum Gasteiger partial charge on any atom is 0.122 e. The number of ether oxygens (including phenoxy) is 1. The second-order valence-electron chi connectivity index (χ2n) is 4.27. The minimum absolute atomic E-state index is 0.324. The van der Waals surface area contributed by atoms with Gasteiger partial charge in [0.2, 0.25) is 0 Å². The summed E-state index contributed by atoms with van der Waals surface area (Å²) in [6.45, 7) is 2.43. The van der Waals surface area contributed by atoms with Crippen molar-refractivity contribution in [3.8, 4) is 5.75 Å². The average Bonchev–Trinajstić information content (AvgIpc) is 2.81. The smallest absolute Gasteiger partial charge is 0.122 e. The molecule has 2 rings (SSSR count). The largest absolute Gasteiger partial charge is 0.491 e. The summed E-state index contributed by atoms with van der Waals surface area (Å²) in [5, 5.41) is 9.96. The molecule has 0 aliphatic carbocycles.